The Labute approximate surface area is 99.2 Å². The Morgan fingerprint density at radius 1 is 1.06 bits per heavy atom. The van der Waals surface area contributed by atoms with E-state index in [1.165, 1.54) is 19.3 Å². The van der Waals surface area contributed by atoms with E-state index in [0.717, 1.165) is 25.7 Å². The first-order valence-electron chi connectivity index (χ1n) is 6.56. The van der Waals surface area contributed by atoms with Gasteiger partial charge in [-0.1, -0.05) is 52.4 Å². The number of ether oxygens (including phenoxy) is 1. The summed E-state index contributed by atoms with van der Waals surface area (Å²) in [5, 5.41) is 8.92. The molecular weight excluding hydrogens is 204 g/mol. The molecule has 0 saturated heterocycles. The topological polar surface area (TPSA) is 46.5 Å². The lowest BCUT2D eigenvalue weighted by Gasteiger charge is -2.12. The average molecular weight is 230 g/mol. The van der Waals surface area contributed by atoms with Crippen LogP contribution in [0.5, 0.6) is 0 Å². The Kier molecular flexibility index (Phi) is 10.5. The van der Waals surface area contributed by atoms with Crippen molar-refractivity contribution in [3.63, 3.8) is 0 Å². The fourth-order valence-electron chi connectivity index (χ4n) is 1.60. The molecule has 0 aliphatic carbocycles. The number of aliphatic carboxylic acids is 1. The van der Waals surface area contributed by atoms with E-state index in [2.05, 4.69) is 13.8 Å². The van der Waals surface area contributed by atoms with Crippen molar-refractivity contribution in [2.24, 2.45) is 0 Å². The Hall–Kier alpha value is -0.570. The molecule has 96 valence electrons. The Morgan fingerprint density at radius 3 is 2.25 bits per heavy atom. The average Bonchev–Trinajstić information content (AvgIpc) is 2.26. The van der Waals surface area contributed by atoms with Crippen molar-refractivity contribution in [2.75, 3.05) is 6.61 Å². The van der Waals surface area contributed by atoms with E-state index in [1.807, 2.05) is 0 Å². The standard InChI is InChI=1S/C13H26O3/c1-3-5-7-8-9-11-16-12(13(14)15)10-6-4-2/h12H,3-11H2,1-2H3,(H,14,15). The predicted octanol–water partition coefficient (Wildman–Crippen LogP) is 3.62. The van der Waals surface area contributed by atoms with Crippen LogP contribution in [0.4, 0.5) is 0 Å². The third-order valence-electron chi connectivity index (χ3n) is 2.66. The molecule has 0 aromatic rings. The molecule has 0 saturated carbocycles. The molecule has 0 spiro atoms. The molecule has 3 heteroatoms. The van der Waals surface area contributed by atoms with Gasteiger partial charge in [0.1, 0.15) is 0 Å². The molecule has 0 fully saturated rings. The molecule has 0 rings (SSSR count). The number of hydrogen-bond acceptors (Lipinski definition) is 2. The quantitative estimate of drug-likeness (QED) is 0.551. The number of rotatable bonds is 11. The van der Waals surface area contributed by atoms with Gasteiger partial charge in [-0.25, -0.2) is 4.79 Å². The van der Waals surface area contributed by atoms with Gasteiger partial charge in [0, 0.05) is 6.61 Å². The second kappa shape index (κ2) is 10.9. The summed E-state index contributed by atoms with van der Waals surface area (Å²) >= 11 is 0. The summed E-state index contributed by atoms with van der Waals surface area (Å²) in [7, 11) is 0. The van der Waals surface area contributed by atoms with E-state index in [1.54, 1.807) is 0 Å². The highest BCUT2D eigenvalue weighted by molar-refractivity contribution is 5.72. The molecular formula is C13H26O3. The van der Waals surface area contributed by atoms with Crippen molar-refractivity contribution in [3.05, 3.63) is 0 Å². The summed E-state index contributed by atoms with van der Waals surface area (Å²) in [5.41, 5.74) is 0. The van der Waals surface area contributed by atoms with Crippen LogP contribution in [0.1, 0.15) is 65.2 Å². The third-order valence-corrected chi connectivity index (χ3v) is 2.66. The molecule has 0 radical (unpaired) electrons. The van der Waals surface area contributed by atoms with Crippen LogP contribution in [0.25, 0.3) is 0 Å². The molecule has 1 unspecified atom stereocenters. The zero-order valence-corrected chi connectivity index (χ0v) is 10.7. The van der Waals surface area contributed by atoms with Gasteiger partial charge in [0.15, 0.2) is 6.10 Å². The van der Waals surface area contributed by atoms with Crippen LogP contribution in [0.15, 0.2) is 0 Å². The first-order chi connectivity index (χ1) is 7.72. The number of unbranched alkanes of at least 4 members (excludes halogenated alkanes) is 5. The van der Waals surface area contributed by atoms with E-state index in [4.69, 9.17) is 9.84 Å². The lowest BCUT2D eigenvalue weighted by atomic mass is 10.1. The third kappa shape index (κ3) is 8.72. The van der Waals surface area contributed by atoms with E-state index < -0.39 is 12.1 Å². The van der Waals surface area contributed by atoms with E-state index in [9.17, 15) is 4.79 Å². The normalized spacial score (nSPS) is 12.6. The minimum absolute atomic E-state index is 0.588. The minimum atomic E-state index is -0.818. The second-order valence-corrected chi connectivity index (χ2v) is 4.25. The smallest absolute Gasteiger partial charge is 0.332 e. The highest BCUT2D eigenvalue weighted by atomic mass is 16.5. The molecule has 0 amide bonds. The summed E-state index contributed by atoms with van der Waals surface area (Å²) in [4.78, 5) is 10.8. The van der Waals surface area contributed by atoms with Gasteiger partial charge in [0.05, 0.1) is 0 Å². The molecule has 0 bridgehead atoms. The van der Waals surface area contributed by atoms with E-state index >= 15 is 0 Å². The van der Waals surface area contributed by atoms with E-state index in [-0.39, 0.29) is 0 Å². The fourth-order valence-corrected chi connectivity index (χ4v) is 1.60. The van der Waals surface area contributed by atoms with Crippen LogP contribution in [-0.2, 0) is 9.53 Å². The van der Waals surface area contributed by atoms with Crippen LogP contribution in [-0.4, -0.2) is 23.8 Å². The monoisotopic (exact) mass is 230 g/mol. The maximum atomic E-state index is 10.8. The van der Waals surface area contributed by atoms with Crippen LogP contribution in [0, 0.1) is 0 Å². The SMILES string of the molecule is CCCCCCCOC(CCCC)C(=O)O. The maximum Gasteiger partial charge on any atom is 0.332 e. The van der Waals surface area contributed by atoms with Gasteiger partial charge in [-0.2, -0.15) is 0 Å². The van der Waals surface area contributed by atoms with Crippen molar-refractivity contribution in [2.45, 2.75) is 71.3 Å². The molecule has 3 nitrogen and oxygen atoms in total. The zero-order chi connectivity index (χ0) is 12.2. The van der Waals surface area contributed by atoms with Crippen molar-refractivity contribution in [1.82, 2.24) is 0 Å². The first kappa shape index (κ1) is 15.4. The predicted molar refractivity (Wildman–Crippen MR) is 65.7 cm³/mol. The number of carboxylic acids is 1. The second-order valence-electron chi connectivity index (χ2n) is 4.25. The molecule has 1 N–H and O–H groups in total. The highest BCUT2D eigenvalue weighted by Crippen LogP contribution is 2.08. The number of carbonyl (C=O) groups is 1. The van der Waals surface area contributed by atoms with Crippen molar-refractivity contribution >= 4 is 5.97 Å². The molecule has 1 atom stereocenters. The van der Waals surface area contributed by atoms with Crippen LogP contribution >= 0.6 is 0 Å². The van der Waals surface area contributed by atoms with Crippen LogP contribution in [0.3, 0.4) is 0 Å². The van der Waals surface area contributed by atoms with Crippen molar-refractivity contribution in [3.8, 4) is 0 Å². The molecule has 0 heterocycles. The lowest BCUT2D eigenvalue weighted by molar-refractivity contribution is -0.151. The van der Waals surface area contributed by atoms with Crippen molar-refractivity contribution < 1.29 is 14.6 Å². The number of hydrogen-bond donors (Lipinski definition) is 1. The fraction of sp³-hybridized carbons (Fsp3) is 0.923. The maximum absolute atomic E-state index is 10.8. The van der Waals surface area contributed by atoms with Crippen LogP contribution < -0.4 is 0 Å². The molecule has 0 aliphatic rings. The zero-order valence-electron chi connectivity index (χ0n) is 10.7. The Balaban J connectivity index is 3.48. The van der Waals surface area contributed by atoms with E-state index in [0.29, 0.717) is 13.0 Å². The van der Waals surface area contributed by atoms with Gasteiger partial charge in [-0.15, -0.1) is 0 Å². The molecule has 0 aromatic heterocycles. The van der Waals surface area contributed by atoms with Gasteiger partial charge in [0.25, 0.3) is 0 Å². The summed E-state index contributed by atoms with van der Waals surface area (Å²) in [6, 6.07) is 0. The van der Waals surface area contributed by atoms with Gasteiger partial charge in [-0.05, 0) is 12.8 Å². The summed E-state index contributed by atoms with van der Waals surface area (Å²) < 4.78 is 5.39. The summed E-state index contributed by atoms with van der Waals surface area (Å²) in [5.74, 6) is -0.818. The Morgan fingerprint density at radius 2 is 1.69 bits per heavy atom. The first-order valence-corrected chi connectivity index (χ1v) is 6.56. The highest BCUT2D eigenvalue weighted by Gasteiger charge is 2.16. The van der Waals surface area contributed by atoms with Gasteiger partial charge < -0.3 is 9.84 Å². The van der Waals surface area contributed by atoms with Crippen molar-refractivity contribution in [1.29, 1.82) is 0 Å². The molecule has 16 heavy (non-hydrogen) atoms. The molecule has 0 aliphatic heterocycles. The summed E-state index contributed by atoms with van der Waals surface area (Å²) in [6.45, 7) is 4.83. The largest absolute Gasteiger partial charge is 0.479 e. The number of carboxylic acid groups (broad SMARTS) is 1. The van der Waals surface area contributed by atoms with Gasteiger partial charge in [-0.3, -0.25) is 0 Å². The van der Waals surface area contributed by atoms with Gasteiger partial charge >= 0.3 is 5.97 Å². The van der Waals surface area contributed by atoms with Gasteiger partial charge in [0.2, 0.25) is 0 Å². The molecule has 0 aromatic carbocycles. The van der Waals surface area contributed by atoms with Crippen LogP contribution in [0.2, 0.25) is 0 Å². The minimum Gasteiger partial charge on any atom is -0.479 e. The lowest BCUT2D eigenvalue weighted by Crippen LogP contribution is -2.24. The Bertz CT molecular complexity index is 169. The summed E-state index contributed by atoms with van der Waals surface area (Å²) in [6.07, 6.45) is 7.84.